The minimum absolute atomic E-state index is 0.130. The van der Waals surface area contributed by atoms with Crippen molar-refractivity contribution in [2.45, 2.75) is 71.1 Å². The van der Waals surface area contributed by atoms with Gasteiger partial charge in [-0.3, -0.25) is 0 Å². The lowest BCUT2D eigenvalue weighted by atomic mass is 9.82. The number of aromatic nitrogens is 3. The molecule has 2 atom stereocenters. The molecule has 0 aliphatic heterocycles. The summed E-state index contributed by atoms with van der Waals surface area (Å²) in [6, 6.07) is 0. The molecule has 1 heterocycles. The second kappa shape index (κ2) is 7.74. The quantitative estimate of drug-likeness (QED) is 0.835. The van der Waals surface area contributed by atoms with Gasteiger partial charge in [0, 0.05) is 13.2 Å². The van der Waals surface area contributed by atoms with E-state index in [9.17, 15) is 5.11 Å². The summed E-state index contributed by atoms with van der Waals surface area (Å²) in [5.41, 5.74) is 0.788. The lowest BCUT2D eigenvalue weighted by Crippen LogP contribution is -2.33. The van der Waals surface area contributed by atoms with Crippen LogP contribution in [0.15, 0.2) is 6.20 Å². The Kier molecular flexibility index (Phi) is 5.98. The van der Waals surface area contributed by atoms with Crippen molar-refractivity contribution in [3.05, 3.63) is 11.9 Å². The summed E-state index contributed by atoms with van der Waals surface area (Å²) in [6.07, 6.45) is 7.99. The Balaban J connectivity index is 2.12. The van der Waals surface area contributed by atoms with Crippen molar-refractivity contribution in [1.82, 2.24) is 15.0 Å². The smallest absolute Gasteiger partial charge is 0.124 e. The number of rotatable bonds is 7. The van der Waals surface area contributed by atoms with Gasteiger partial charge in [0.2, 0.25) is 0 Å². The van der Waals surface area contributed by atoms with Gasteiger partial charge >= 0.3 is 0 Å². The molecule has 0 aromatic carbocycles. The molecule has 2 rings (SSSR count). The predicted molar refractivity (Wildman–Crippen MR) is 77.3 cm³/mol. The van der Waals surface area contributed by atoms with Gasteiger partial charge in [0.1, 0.15) is 6.10 Å². The van der Waals surface area contributed by atoms with Crippen LogP contribution < -0.4 is 0 Å². The van der Waals surface area contributed by atoms with Crippen LogP contribution in [-0.2, 0) is 11.3 Å². The Morgan fingerprint density at radius 3 is 2.75 bits per heavy atom. The zero-order valence-corrected chi connectivity index (χ0v) is 12.7. The van der Waals surface area contributed by atoms with Crippen molar-refractivity contribution >= 4 is 0 Å². The van der Waals surface area contributed by atoms with E-state index >= 15 is 0 Å². The molecule has 5 nitrogen and oxygen atoms in total. The minimum Gasteiger partial charge on any atom is -0.384 e. The summed E-state index contributed by atoms with van der Waals surface area (Å²) in [4.78, 5) is 0. The first-order valence-electron chi connectivity index (χ1n) is 7.96. The van der Waals surface area contributed by atoms with Gasteiger partial charge in [-0.1, -0.05) is 31.4 Å². The van der Waals surface area contributed by atoms with Crippen LogP contribution in [0.3, 0.4) is 0 Å². The third kappa shape index (κ3) is 3.58. The SMILES string of the molecule is CCCn1nncc1C(O)C(OCC)C1CCCCC1. The van der Waals surface area contributed by atoms with Crippen LogP contribution in [0.4, 0.5) is 0 Å². The number of hydrogen-bond acceptors (Lipinski definition) is 4. The lowest BCUT2D eigenvalue weighted by molar-refractivity contribution is -0.0768. The van der Waals surface area contributed by atoms with Crippen LogP contribution >= 0.6 is 0 Å². The number of ether oxygens (including phenoxy) is 1. The normalized spacial score (nSPS) is 19.9. The van der Waals surface area contributed by atoms with E-state index in [1.54, 1.807) is 10.9 Å². The first-order valence-corrected chi connectivity index (χ1v) is 7.96. The second-order valence-electron chi connectivity index (χ2n) is 5.64. The highest BCUT2D eigenvalue weighted by Crippen LogP contribution is 2.34. The molecule has 114 valence electrons. The lowest BCUT2D eigenvalue weighted by Gasteiger charge is -2.33. The molecule has 1 aromatic rings. The van der Waals surface area contributed by atoms with Crippen LogP contribution in [0.25, 0.3) is 0 Å². The number of aliphatic hydroxyl groups excluding tert-OH is 1. The van der Waals surface area contributed by atoms with Crippen molar-refractivity contribution in [2.24, 2.45) is 5.92 Å². The van der Waals surface area contributed by atoms with Gasteiger partial charge in [0.25, 0.3) is 0 Å². The molecule has 0 amide bonds. The fraction of sp³-hybridized carbons (Fsp3) is 0.867. The van der Waals surface area contributed by atoms with Crippen molar-refractivity contribution in [3.8, 4) is 0 Å². The topological polar surface area (TPSA) is 60.2 Å². The van der Waals surface area contributed by atoms with Crippen molar-refractivity contribution in [2.75, 3.05) is 6.61 Å². The summed E-state index contributed by atoms with van der Waals surface area (Å²) < 4.78 is 7.69. The van der Waals surface area contributed by atoms with Crippen molar-refractivity contribution in [1.29, 1.82) is 0 Å². The molecule has 0 spiro atoms. The Morgan fingerprint density at radius 1 is 1.35 bits per heavy atom. The van der Waals surface area contributed by atoms with Crippen LogP contribution in [0, 0.1) is 5.92 Å². The maximum absolute atomic E-state index is 10.7. The number of aliphatic hydroxyl groups is 1. The fourth-order valence-electron chi connectivity index (χ4n) is 3.19. The van der Waals surface area contributed by atoms with E-state index in [0.717, 1.165) is 31.5 Å². The summed E-state index contributed by atoms with van der Waals surface area (Å²) in [6.45, 7) is 5.51. The molecular weight excluding hydrogens is 254 g/mol. The minimum atomic E-state index is -0.625. The second-order valence-corrected chi connectivity index (χ2v) is 5.64. The standard InChI is InChI=1S/C15H27N3O2/c1-3-10-18-13(11-16-17-18)14(19)15(20-4-2)12-8-6-5-7-9-12/h11-12,14-15,19H,3-10H2,1-2H3. The molecule has 1 saturated carbocycles. The summed E-state index contributed by atoms with van der Waals surface area (Å²) in [5.74, 6) is 0.448. The zero-order valence-electron chi connectivity index (χ0n) is 12.7. The first-order chi connectivity index (χ1) is 9.77. The van der Waals surface area contributed by atoms with E-state index in [-0.39, 0.29) is 6.10 Å². The Morgan fingerprint density at radius 2 is 2.10 bits per heavy atom. The van der Waals surface area contributed by atoms with E-state index in [4.69, 9.17) is 4.74 Å². The molecule has 1 fully saturated rings. The molecule has 2 unspecified atom stereocenters. The molecule has 1 N–H and O–H groups in total. The predicted octanol–water partition coefficient (Wildman–Crippen LogP) is 2.71. The number of hydrogen-bond donors (Lipinski definition) is 1. The third-order valence-corrected chi connectivity index (χ3v) is 4.17. The average molecular weight is 281 g/mol. The van der Waals surface area contributed by atoms with Gasteiger partial charge in [0.05, 0.1) is 18.0 Å². The monoisotopic (exact) mass is 281 g/mol. The van der Waals surface area contributed by atoms with Gasteiger partial charge in [0.15, 0.2) is 0 Å². The molecule has 0 radical (unpaired) electrons. The maximum Gasteiger partial charge on any atom is 0.124 e. The van der Waals surface area contributed by atoms with Gasteiger partial charge in [-0.2, -0.15) is 0 Å². The number of nitrogens with zero attached hydrogens (tertiary/aromatic N) is 3. The van der Waals surface area contributed by atoms with Crippen LogP contribution in [-0.4, -0.2) is 32.8 Å². The highest BCUT2D eigenvalue weighted by Gasteiger charge is 2.32. The van der Waals surface area contributed by atoms with Crippen molar-refractivity contribution in [3.63, 3.8) is 0 Å². The number of aryl methyl sites for hydroxylation is 1. The molecule has 20 heavy (non-hydrogen) atoms. The van der Waals surface area contributed by atoms with Gasteiger partial charge in [-0.05, 0) is 32.1 Å². The maximum atomic E-state index is 10.7. The van der Waals surface area contributed by atoms with E-state index in [1.165, 1.54) is 19.3 Å². The van der Waals surface area contributed by atoms with E-state index in [1.807, 2.05) is 6.92 Å². The Hall–Kier alpha value is -0.940. The van der Waals surface area contributed by atoms with Crippen LogP contribution in [0.5, 0.6) is 0 Å². The molecule has 0 saturated heterocycles. The molecule has 0 bridgehead atoms. The molecule has 5 heteroatoms. The first kappa shape index (κ1) is 15.4. The van der Waals surface area contributed by atoms with Gasteiger partial charge in [-0.15, -0.1) is 5.10 Å². The molecule has 1 aliphatic rings. The molecular formula is C15H27N3O2. The summed E-state index contributed by atoms with van der Waals surface area (Å²) in [5, 5.41) is 18.7. The highest BCUT2D eigenvalue weighted by atomic mass is 16.5. The summed E-state index contributed by atoms with van der Waals surface area (Å²) in [7, 11) is 0. The van der Waals surface area contributed by atoms with Crippen LogP contribution in [0.2, 0.25) is 0 Å². The Labute approximate surface area is 121 Å². The van der Waals surface area contributed by atoms with E-state index in [0.29, 0.717) is 12.5 Å². The van der Waals surface area contributed by atoms with Gasteiger partial charge in [-0.25, -0.2) is 4.68 Å². The van der Waals surface area contributed by atoms with Gasteiger partial charge < -0.3 is 9.84 Å². The van der Waals surface area contributed by atoms with Crippen LogP contribution in [0.1, 0.15) is 64.2 Å². The van der Waals surface area contributed by atoms with E-state index < -0.39 is 6.10 Å². The third-order valence-electron chi connectivity index (χ3n) is 4.17. The Bertz CT molecular complexity index is 388. The fourth-order valence-corrected chi connectivity index (χ4v) is 3.19. The zero-order chi connectivity index (χ0) is 14.4. The highest BCUT2D eigenvalue weighted by molar-refractivity contribution is 5.03. The van der Waals surface area contributed by atoms with Crippen molar-refractivity contribution < 1.29 is 9.84 Å². The van der Waals surface area contributed by atoms with E-state index in [2.05, 4.69) is 17.2 Å². The largest absolute Gasteiger partial charge is 0.384 e. The molecule has 1 aromatic heterocycles. The molecule has 1 aliphatic carbocycles. The average Bonchev–Trinajstić information content (AvgIpc) is 2.94. The summed E-state index contributed by atoms with van der Waals surface area (Å²) >= 11 is 0.